The van der Waals surface area contributed by atoms with Gasteiger partial charge in [-0.15, -0.1) is 6.58 Å². The third-order valence-corrected chi connectivity index (χ3v) is 2.03. The Balaban J connectivity index is -0.000000439. The fourth-order valence-corrected chi connectivity index (χ4v) is 1.30. The van der Waals surface area contributed by atoms with Crippen LogP contribution in [0.1, 0.15) is 67.7 Å². The van der Waals surface area contributed by atoms with E-state index in [-0.39, 0.29) is 0 Å². The van der Waals surface area contributed by atoms with Crippen molar-refractivity contribution in [3.8, 4) is 0 Å². The zero-order valence-corrected chi connectivity index (χ0v) is 13.1. The second-order valence-corrected chi connectivity index (χ2v) is 3.24. The van der Waals surface area contributed by atoms with Crippen LogP contribution in [0.3, 0.4) is 0 Å². The van der Waals surface area contributed by atoms with Crippen LogP contribution in [-0.2, 0) is 0 Å². The van der Waals surface area contributed by atoms with Gasteiger partial charge >= 0.3 is 0 Å². The van der Waals surface area contributed by atoms with Crippen molar-refractivity contribution < 1.29 is 0 Å². The normalized spacial score (nSPS) is 12.1. The van der Waals surface area contributed by atoms with Gasteiger partial charge in [-0.25, -0.2) is 0 Å². The van der Waals surface area contributed by atoms with Crippen molar-refractivity contribution >= 4 is 6.21 Å². The summed E-state index contributed by atoms with van der Waals surface area (Å²) in [6.45, 7) is 18.1. The molecule has 0 bridgehead atoms. The molecular weight excluding hydrogens is 206 g/mol. The number of hydrogen-bond donors (Lipinski definition) is 0. The summed E-state index contributed by atoms with van der Waals surface area (Å²) in [5, 5.41) is 0. The molecule has 1 atom stereocenters. The van der Waals surface area contributed by atoms with E-state index in [1.807, 2.05) is 46.9 Å². The van der Waals surface area contributed by atoms with Gasteiger partial charge in [0.25, 0.3) is 0 Å². The van der Waals surface area contributed by atoms with E-state index in [0.717, 1.165) is 6.42 Å². The van der Waals surface area contributed by atoms with Gasteiger partial charge in [-0.05, 0) is 19.3 Å². The van der Waals surface area contributed by atoms with Crippen LogP contribution in [0.5, 0.6) is 0 Å². The van der Waals surface area contributed by atoms with Gasteiger partial charge in [0.2, 0.25) is 0 Å². The maximum absolute atomic E-state index is 4.42. The van der Waals surface area contributed by atoms with Gasteiger partial charge in [0.1, 0.15) is 0 Å². The highest BCUT2D eigenvalue weighted by molar-refractivity contribution is 5.60. The molecular formula is C16H33N. The number of nitrogens with zero attached hydrogens (tertiary/aromatic N) is 1. The minimum absolute atomic E-state index is 0.580. The van der Waals surface area contributed by atoms with Gasteiger partial charge in [0.15, 0.2) is 0 Å². The van der Waals surface area contributed by atoms with E-state index >= 15 is 0 Å². The number of aliphatic imine (C=N–C) groups is 1. The Morgan fingerprint density at radius 2 is 1.76 bits per heavy atom. The van der Waals surface area contributed by atoms with Crippen molar-refractivity contribution in [1.29, 1.82) is 0 Å². The van der Waals surface area contributed by atoms with Crippen LogP contribution in [0.2, 0.25) is 0 Å². The zero-order chi connectivity index (χ0) is 14.1. The SMILES string of the molecule is C=CCC=N/C(=C\C)C(C)CCC.CC.CC. The van der Waals surface area contributed by atoms with E-state index < -0.39 is 0 Å². The van der Waals surface area contributed by atoms with Crippen LogP contribution in [0, 0.1) is 5.92 Å². The molecule has 0 aliphatic heterocycles. The maximum Gasteiger partial charge on any atom is 0.0385 e. The lowest BCUT2D eigenvalue weighted by Gasteiger charge is -2.09. The first-order valence-corrected chi connectivity index (χ1v) is 7.05. The second kappa shape index (κ2) is 20.5. The predicted molar refractivity (Wildman–Crippen MR) is 83.8 cm³/mol. The molecule has 1 unspecified atom stereocenters. The fraction of sp³-hybridized carbons (Fsp3) is 0.688. The summed E-state index contributed by atoms with van der Waals surface area (Å²) in [7, 11) is 0. The average molecular weight is 239 g/mol. The van der Waals surface area contributed by atoms with Gasteiger partial charge in [-0.1, -0.05) is 60.1 Å². The Morgan fingerprint density at radius 1 is 1.24 bits per heavy atom. The van der Waals surface area contributed by atoms with E-state index in [9.17, 15) is 0 Å². The molecule has 0 aromatic rings. The molecule has 0 N–H and O–H groups in total. The molecule has 0 saturated heterocycles. The number of hydrogen-bond acceptors (Lipinski definition) is 1. The molecule has 102 valence electrons. The van der Waals surface area contributed by atoms with Crippen LogP contribution >= 0.6 is 0 Å². The first kappa shape index (κ1) is 21.4. The Kier molecular flexibility index (Phi) is 25.9. The molecule has 0 spiro atoms. The molecule has 1 heteroatoms. The highest BCUT2D eigenvalue weighted by Gasteiger charge is 2.03. The van der Waals surface area contributed by atoms with E-state index in [2.05, 4.69) is 31.5 Å². The van der Waals surface area contributed by atoms with Crippen LogP contribution in [0.4, 0.5) is 0 Å². The lowest BCUT2D eigenvalue weighted by atomic mass is 10.0. The average Bonchev–Trinajstić information content (AvgIpc) is 2.40. The summed E-state index contributed by atoms with van der Waals surface area (Å²) < 4.78 is 0. The third-order valence-electron chi connectivity index (χ3n) is 2.03. The Morgan fingerprint density at radius 3 is 2.12 bits per heavy atom. The third kappa shape index (κ3) is 15.1. The van der Waals surface area contributed by atoms with E-state index in [4.69, 9.17) is 0 Å². The van der Waals surface area contributed by atoms with Crippen molar-refractivity contribution in [3.63, 3.8) is 0 Å². The molecule has 0 aromatic heterocycles. The standard InChI is InChI=1S/C12H21N.2C2H6/c1-5-8-10-13-12(7-3)11(4)9-6-2;2*1-2/h5,7,10-11H,1,6,8-9H2,2-4H3;2*1-2H3/b12-7-,13-10?;;. The molecule has 0 rings (SSSR count). The summed E-state index contributed by atoms with van der Waals surface area (Å²) in [5.41, 5.74) is 1.20. The molecule has 1 nitrogen and oxygen atoms in total. The first-order chi connectivity index (χ1) is 8.26. The van der Waals surface area contributed by atoms with Gasteiger partial charge in [0.05, 0.1) is 0 Å². The zero-order valence-electron chi connectivity index (χ0n) is 13.1. The first-order valence-electron chi connectivity index (χ1n) is 7.05. The van der Waals surface area contributed by atoms with E-state index in [1.165, 1.54) is 18.5 Å². The highest BCUT2D eigenvalue weighted by Crippen LogP contribution is 2.16. The summed E-state index contributed by atoms with van der Waals surface area (Å²) in [4.78, 5) is 4.42. The smallest absolute Gasteiger partial charge is 0.0385 e. The van der Waals surface area contributed by atoms with Crippen molar-refractivity contribution in [2.75, 3.05) is 0 Å². The maximum atomic E-state index is 4.42. The van der Waals surface area contributed by atoms with Crippen LogP contribution in [0.25, 0.3) is 0 Å². The van der Waals surface area contributed by atoms with Crippen molar-refractivity contribution in [1.82, 2.24) is 0 Å². The van der Waals surface area contributed by atoms with Crippen LogP contribution in [-0.4, -0.2) is 6.21 Å². The molecule has 17 heavy (non-hydrogen) atoms. The summed E-state index contributed by atoms with van der Waals surface area (Å²) in [6.07, 6.45) is 9.17. The quantitative estimate of drug-likeness (QED) is 0.396. The van der Waals surface area contributed by atoms with Crippen LogP contribution in [0.15, 0.2) is 29.4 Å². The Hall–Kier alpha value is -0.850. The minimum Gasteiger partial charge on any atom is -0.265 e. The highest BCUT2D eigenvalue weighted by atomic mass is 14.7. The second-order valence-electron chi connectivity index (χ2n) is 3.24. The largest absolute Gasteiger partial charge is 0.265 e. The molecule has 0 heterocycles. The van der Waals surface area contributed by atoms with Crippen molar-refractivity contribution in [3.05, 3.63) is 24.4 Å². The molecule has 0 saturated carbocycles. The lowest BCUT2D eigenvalue weighted by Crippen LogP contribution is -1.96. The Labute approximate surface area is 110 Å². The molecule has 0 fully saturated rings. The fourth-order valence-electron chi connectivity index (χ4n) is 1.30. The summed E-state index contributed by atoms with van der Waals surface area (Å²) in [6, 6.07) is 0. The van der Waals surface area contributed by atoms with E-state index in [0.29, 0.717) is 5.92 Å². The molecule has 0 aliphatic rings. The minimum atomic E-state index is 0.580. The monoisotopic (exact) mass is 239 g/mol. The topological polar surface area (TPSA) is 12.4 Å². The van der Waals surface area contributed by atoms with Crippen LogP contribution < -0.4 is 0 Å². The number of allylic oxidation sites excluding steroid dienone is 3. The number of rotatable bonds is 6. The predicted octanol–water partition coefficient (Wildman–Crippen LogP) is 6.03. The van der Waals surface area contributed by atoms with Gasteiger partial charge < -0.3 is 0 Å². The van der Waals surface area contributed by atoms with Crippen molar-refractivity contribution in [2.45, 2.75) is 67.7 Å². The lowest BCUT2D eigenvalue weighted by molar-refractivity contribution is 0.596. The molecule has 0 aliphatic carbocycles. The molecule has 0 amide bonds. The van der Waals surface area contributed by atoms with Gasteiger partial charge in [-0.2, -0.15) is 0 Å². The molecule has 0 aromatic carbocycles. The van der Waals surface area contributed by atoms with Crippen molar-refractivity contribution in [2.24, 2.45) is 10.9 Å². The molecule has 0 radical (unpaired) electrons. The summed E-state index contributed by atoms with van der Waals surface area (Å²) >= 11 is 0. The van der Waals surface area contributed by atoms with E-state index in [1.54, 1.807) is 0 Å². The Bertz CT molecular complexity index is 190. The van der Waals surface area contributed by atoms with Gasteiger partial charge in [0, 0.05) is 18.3 Å². The summed E-state index contributed by atoms with van der Waals surface area (Å²) in [5.74, 6) is 0.580. The van der Waals surface area contributed by atoms with Gasteiger partial charge in [-0.3, -0.25) is 4.99 Å².